The van der Waals surface area contributed by atoms with Gasteiger partial charge >= 0.3 is 0 Å². The van der Waals surface area contributed by atoms with E-state index in [0.29, 0.717) is 11.1 Å². The monoisotopic (exact) mass is 219 g/mol. The molecule has 1 unspecified atom stereocenters. The molecule has 0 N–H and O–H groups in total. The molecule has 14 heavy (non-hydrogen) atoms. The number of ether oxygens (including phenoxy) is 1. The smallest absolute Gasteiger partial charge is 0.265 e. The molecule has 1 aliphatic heterocycles. The van der Waals surface area contributed by atoms with Crippen LogP contribution < -0.4 is 0 Å². The molecule has 80 valence electrons. The lowest BCUT2D eigenvalue weighted by Crippen LogP contribution is -2.40. The van der Waals surface area contributed by atoms with E-state index in [1.807, 2.05) is 0 Å². The van der Waals surface area contributed by atoms with Crippen molar-refractivity contribution in [1.29, 1.82) is 0 Å². The zero-order chi connectivity index (χ0) is 11.1. The van der Waals surface area contributed by atoms with Gasteiger partial charge in [0.25, 0.3) is 5.91 Å². The standard InChI is InChI=1S/C8H13NO4S/c1-5-6(2)8(13-3)9(7(5)10)14(4,11)12/h8H,1-4H3. The van der Waals surface area contributed by atoms with E-state index in [1.54, 1.807) is 13.8 Å². The second-order valence-corrected chi connectivity index (χ2v) is 5.12. The Balaban J connectivity index is 3.21. The Morgan fingerprint density at radius 2 is 1.86 bits per heavy atom. The lowest BCUT2D eigenvalue weighted by molar-refractivity contribution is -0.126. The zero-order valence-corrected chi connectivity index (χ0v) is 9.38. The molecule has 0 bridgehead atoms. The summed E-state index contributed by atoms with van der Waals surface area (Å²) in [5.74, 6) is -0.503. The third-order valence-electron chi connectivity index (χ3n) is 2.28. The normalized spacial score (nSPS) is 23.6. The van der Waals surface area contributed by atoms with Crippen molar-refractivity contribution < 1.29 is 17.9 Å². The molecular weight excluding hydrogens is 206 g/mol. The SMILES string of the molecule is COC1C(C)=C(C)C(=O)N1S(C)(=O)=O. The van der Waals surface area contributed by atoms with Crippen molar-refractivity contribution in [3.8, 4) is 0 Å². The molecule has 0 saturated heterocycles. The summed E-state index contributed by atoms with van der Waals surface area (Å²) in [6.07, 6.45) is 0.209. The van der Waals surface area contributed by atoms with Gasteiger partial charge in [0.05, 0.1) is 6.26 Å². The topological polar surface area (TPSA) is 63.7 Å². The molecule has 1 rings (SSSR count). The molecule has 0 spiro atoms. The Labute approximate surface area is 83.4 Å². The minimum Gasteiger partial charge on any atom is -0.356 e. The molecular formula is C8H13NO4S. The molecule has 5 nitrogen and oxygen atoms in total. The van der Waals surface area contributed by atoms with Gasteiger partial charge < -0.3 is 4.74 Å². The number of hydrogen-bond acceptors (Lipinski definition) is 4. The van der Waals surface area contributed by atoms with Crippen molar-refractivity contribution in [2.45, 2.75) is 20.1 Å². The molecule has 0 aliphatic carbocycles. The summed E-state index contributed by atoms with van der Waals surface area (Å²) in [5, 5.41) is 0. The molecule has 0 aromatic carbocycles. The van der Waals surface area contributed by atoms with E-state index in [4.69, 9.17) is 4.74 Å². The fourth-order valence-electron chi connectivity index (χ4n) is 1.40. The molecule has 0 saturated carbocycles. The third kappa shape index (κ3) is 1.55. The molecule has 1 heterocycles. The highest BCUT2D eigenvalue weighted by molar-refractivity contribution is 7.89. The minimum absolute atomic E-state index is 0.433. The van der Waals surface area contributed by atoms with Crippen LogP contribution in [0.5, 0.6) is 0 Å². The average molecular weight is 219 g/mol. The highest BCUT2D eigenvalue weighted by Crippen LogP contribution is 2.27. The van der Waals surface area contributed by atoms with Gasteiger partial charge in [0.1, 0.15) is 0 Å². The van der Waals surface area contributed by atoms with Crippen LogP contribution in [0.1, 0.15) is 13.8 Å². The molecule has 0 aromatic rings. The summed E-state index contributed by atoms with van der Waals surface area (Å²) in [5.41, 5.74) is 1.07. The summed E-state index contributed by atoms with van der Waals surface area (Å²) in [6, 6.07) is 0. The fourth-order valence-corrected chi connectivity index (χ4v) is 2.43. The number of sulfonamides is 1. The van der Waals surface area contributed by atoms with Gasteiger partial charge in [-0.1, -0.05) is 0 Å². The quantitative estimate of drug-likeness (QED) is 0.660. The first kappa shape index (κ1) is 11.2. The van der Waals surface area contributed by atoms with Crippen LogP contribution in [0.15, 0.2) is 11.1 Å². The van der Waals surface area contributed by atoms with E-state index < -0.39 is 22.2 Å². The summed E-state index contributed by atoms with van der Waals surface area (Å²) in [4.78, 5) is 11.5. The van der Waals surface area contributed by atoms with Gasteiger partial charge in [-0.15, -0.1) is 0 Å². The van der Waals surface area contributed by atoms with Gasteiger partial charge in [0, 0.05) is 12.7 Å². The van der Waals surface area contributed by atoms with Crippen LogP contribution in [0.2, 0.25) is 0 Å². The minimum atomic E-state index is -3.56. The van der Waals surface area contributed by atoms with E-state index >= 15 is 0 Å². The van der Waals surface area contributed by atoms with Crippen LogP contribution in [0.3, 0.4) is 0 Å². The molecule has 0 radical (unpaired) electrons. The van der Waals surface area contributed by atoms with Crippen molar-refractivity contribution in [2.24, 2.45) is 0 Å². The highest BCUT2D eigenvalue weighted by atomic mass is 32.2. The number of carbonyl (C=O) groups excluding carboxylic acids is 1. The van der Waals surface area contributed by atoms with Crippen LogP contribution in [0, 0.1) is 0 Å². The number of hydrogen-bond donors (Lipinski definition) is 0. The number of rotatable bonds is 2. The van der Waals surface area contributed by atoms with E-state index in [2.05, 4.69) is 0 Å². The first-order chi connectivity index (χ1) is 6.30. The van der Waals surface area contributed by atoms with Crippen molar-refractivity contribution in [2.75, 3.05) is 13.4 Å². The summed E-state index contributed by atoms with van der Waals surface area (Å²) >= 11 is 0. The summed E-state index contributed by atoms with van der Waals surface area (Å²) in [7, 11) is -2.19. The lowest BCUT2D eigenvalue weighted by atomic mass is 10.2. The average Bonchev–Trinajstić information content (AvgIpc) is 2.28. The van der Waals surface area contributed by atoms with E-state index in [1.165, 1.54) is 7.11 Å². The van der Waals surface area contributed by atoms with Crippen LogP contribution in [0.25, 0.3) is 0 Å². The Morgan fingerprint density at radius 3 is 2.14 bits per heavy atom. The number of amides is 1. The second-order valence-electron chi connectivity index (χ2n) is 3.26. The van der Waals surface area contributed by atoms with Crippen molar-refractivity contribution in [3.05, 3.63) is 11.1 Å². The lowest BCUT2D eigenvalue weighted by Gasteiger charge is -2.22. The Kier molecular flexibility index (Phi) is 2.69. The van der Waals surface area contributed by atoms with Gasteiger partial charge in [0.15, 0.2) is 6.23 Å². The predicted molar refractivity (Wildman–Crippen MR) is 50.9 cm³/mol. The molecule has 1 aliphatic rings. The van der Waals surface area contributed by atoms with Crippen molar-refractivity contribution >= 4 is 15.9 Å². The van der Waals surface area contributed by atoms with Crippen LogP contribution in [-0.4, -0.2) is 38.2 Å². The van der Waals surface area contributed by atoms with Gasteiger partial charge in [-0.2, -0.15) is 0 Å². The molecule has 1 amide bonds. The van der Waals surface area contributed by atoms with Crippen molar-refractivity contribution in [3.63, 3.8) is 0 Å². The number of methoxy groups -OCH3 is 1. The fraction of sp³-hybridized carbons (Fsp3) is 0.625. The molecule has 6 heteroatoms. The highest BCUT2D eigenvalue weighted by Gasteiger charge is 2.40. The molecule has 0 aromatic heterocycles. The summed E-state index contributed by atoms with van der Waals surface area (Å²) in [6.45, 7) is 3.28. The number of nitrogens with zero attached hydrogens (tertiary/aromatic N) is 1. The third-order valence-corrected chi connectivity index (χ3v) is 3.35. The maximum Gasteiger partial charge on any atom is 0.265 e. The van der Waals surface area contributed by atoms with Gasteiger partial charge in [-0.3, -0.25) is 4.79 Å². The number of carbonyl (C=O) groups is 1. The van der Waals surface area contributed by atoms with E-state index in [-0.39, 0.29) is 0 Å². The predicted octanol–water partition coefficient (Wildman–Crippen LogP) is 0.0971. The van der Waals surface area contributed by atoms with Gasteiger partial charge in [-0.05, 0) is 19.4 Å². The first-order valence-corrected chi connectivity index (χ1v) is 5.89. The largest absolute Gasteiger partial charge is 0.356 e. The Hall–Kier alpha value is -0.880. The van der Waals surface area contributed by atoms with Crippen LogP contribution >= 0.6 is 0 Å². The Bertz CT molecular complexity index is 396. The zero-order valence-electron chi connectivity index (χ0n) is 8.57. The van der Waals surface area contributed by atoms with Crippen LogP contribution in [0.4, 0.5) is 0 Å². The maximum absolute atomic E-state index is 11.5. The van der Waals surface area contributed by atoms with Crippen LogP contribution in [-0.2, 0) is 19.6 Å². The molecule has 0 fully saturated rings. The first-order valence-electron chi connectivity index (χ1n) is 4.04. The summed E-state index contributed by atoms with van der Waals surface area (Å²) < 4.78 is 28.3. The maximum atomic E-state index is 11.5. The van der Waals surface area contributed by atoms with E-state index in [0.717, 1.165) is 10.6 Å². The Morgan fingerprint density at radius 1 is 1.36 bits per heavy atom. The van der Waals surface area contributed by atoms with Gasteiger partial charge in [0.2, 0.25) is 10.0 Å². The molecule has 1 atom stereocenters. The van der Waals surface area contributed by atoms with Crippen molar-refractivity contribution in [1.82, 2.24) is 4.31 Å². The second kappa shape index (κ2) is 3.36. The van der Waals surface area contributed by atoms with Gasteiger partial charge in [-0.25, -0.2) is 12.7 Å². The van der Waals surface area contributed by atoms with E-state index in [9.17, 15) is 13.2 Å².